The molecular formula is C19H25N3O. The average molecular weight is 311 g/mol. The molecule has 0 radical (unpaired) electrons. The number of aryl methyl sites for hydroxylation is 1. The van der Waals surface area contributed by atoms with Crippen molar-refractivity contribution in [1.29, 1.82) is 0 Å². The minimum Gasteiger partial charge on any atom is -0.358 e. The summed E-state index contributed by atoms with van der Waals surface area (Å²) in [6.45, 7) is 4.91. The molecule has 2 heterocycles. The number of H-pyrrole nitrogens is 1. The first-order valence-electron chi connectivity index (χ1n) is 8.35. The Labute approximate surface area is 138 Å². The standard InChI is InChI=1S/C19H25N3O/c1-15-14-21(2)12-13-22(15)19(23)11-9-17-8-10-18(20-17)16-6-4-3-5-7-16/h3-8,10,15,20H,9,11-14H2,1-2H3/t15-/m0/s1. The molecule has 1 N–H and O–H groups in total. The van der Waals surface area contributed by atoms with Gasteiger partial charge in [-0.3, -0.25) is 4.79 Å². The quantitative estimate of drug-likeness (QED) is 0.943. The van der Waals surface area contributed by atoms with Gasteiger partial charge in [-0.05, 0) is 38.1 Å². The van der Waals surface area contributed by atoms with Crippen LogP contribution in [0.4, 0.5) is 0 Å². The summed E-state index contributed by atoms with van der Waals surface area (Å²) in [5.41, 5.74) is 3.41. The number of carbonyl (C=O) groups excluding carboxylic acids is 1. The van der Waals surface area contributed by atoms with Crippen LogP contribution in [0.5, 0.6) is 0 Å². The number of hydrogen-bond donors (Lipinski definition) is 1. The number of aromatic amines is 1. The first-order valence-corrected chi connectivity index (χ1v) is 8.35. The highest BCUT2D eigenvalue weighted by Crippen LogP contribution is 2.19. The molecule has 1 saturated heterocycles. The number of nitrogens with zero attached hydrogens (tertiary/aromatic N) is 2. The molecule has 4 nitrogen and oxygen atoms in total. The van der Waals surface area contributed by atoms with Crippen molar-refractivity contribution in [2.24, 2.45) is 0 Å². The number of rotatable bonds is 4. The van der Waals surface area contributed by atoms with Crippen molar-refractivity contribution in [1.82, 2.24) is 14.8 Å². The van der Waals surface area contributed by atoms with Crippen LogP contribution in [-0.2, 0) is 11.2 Å². The summed E-state index contributed by atoms with van der Waals surface area (Å²) in [7, 11) is 2.11. The second kappa shape index (κ2) is 7.01. The van der Waals surface area contributed by atoms with Crippen molar-refractivity contribution in [2.45, 2.75) is 25.8 Å². The Morgan fingerprint density at radius 1 is 1.17 bits per heavy atom. The summed E-state index contributed by atoms with van der Waals surface area (Å²) >= 11 is 0. The molecule has 3 rings (SSSR count). The van der Waals surface area contributed by atoms with Gasteiger partial charge in [0.05, 0.1) is 0 Å². The van der Waals surface area contributed by atoms with Crippen molar-refractivity contribution in [3.8, 4) is 11.3 Å². The molecule has 0 spiro atoms. The van der Waals surface area contributed by atoms with Crippen LogP contribution in [0.1, 0.15) is 19.0 Å². The SMILES string of the molecule is C[C@H]1CN(C)CCN1C(=O)CCc1ccc(-c2ccccc2)[nH]1. The fourth-order valence-electron chi connectivity index (χ4n) is 3.27. The molecule has 23 heavy (non-hydrogen) atoms. The Balaban J connectivity index is 1.56. The Morgan fingerprint density at radius 2 is 1.96 bits per heavy atom. The lowest BCUT2D eigenvalue weighted by Gasteiger charge is -2.38. The highest BCUT2D eigenvalue weighted by atomic mass is 16.2. The lowest BCUT2D eigenvalue weighted by atomic mass is 10.1. The molecule has 0 saturated carbocycles. The number of piperazine rings is 1. The fraction of sp³-hybridized carbons (Fsp3) is 0.421. The van der Waals surface area contributed by atoms with E-state index in [1.54, 1.807) is 0 Å². The summed E-state index contributed by atoms with van der Waals surface area (Å²) in [5, 5.41) is 0. The van der Waals surface area contributed by atoms with E-state index in [-0.39, 0.29) is 5.91 Å². The summed E-state index contributed by atoms with van der Waals surface area (Å²) in [4.78, 5) is 20.2. The monoisotopic (exact) mass is 311 g/mol. The lowest BCUT2D eigenvalue weighted by Crippen LogP contribution is -2.52. The molecule has 1 aliphatic heterocycles. The molecule has 1 fully saturated rings. The van der Waals surface area contributed by atoms with Crippen molar-refractivity contribution < 1.29 is 4.79 Å². The van der Waals surface area contributed by atoms with Crippen molar-refractivity contribution in [3.63, 3.8) is 0 Å². The van der Waals surface area contributed by atoms with Gasteiger partial charge in [-0.1, -0.05) is 30.3 Å². The van der Waals surface area contributed by atoms with Gasteiger partial charge in [-0.25, -0.2) is 0 Å². The molecule has 2 aromatic rings. The van der Waals surface area contributed by atoms with Gasteiger partial charge >= 0.3 is 0 Å². The van der Waals surface area contributed by atoms with Crippen molar-refractivity contribution >= 4 is 5.91 Å². The lowest BCUT2D eigenvalue weighted by molar-refractivity contribution is -0.135. The van der Waals surface area contributed by atoms with Crippen molar-refractivity contribution in [2.75, 3.05) is 26.7 Å². The Hall–Kier alpha value is -2.07. The molecule has 0 bridgehead atoms. The maximum absolute atomic E-state index is 12.5. The third-order valence-corrected chi connectivity index (χ3v) is 4.59. The largest absolute Gasteiger partial charge is 0.358 e. The van der Waals surface area contributed by atoms with Gasteiger partial charge in [0, 0.05) is 43.5 Å². The van der Waals surface area contributed by atoms with E-state index >= 15 is 0 Å². The zero-order valence-corrected chi connectivity index (χ0v) is 14.0. The van der Waals surface area contributed by atoms with Crippen LogP contribution in [0.15, 0.2) is 42.5 Å². The van der Waals surface area contributed by atoms with Crippen LogP contribution < -0.4 is 0 Å². The maximum atomic E-state index is 12.5. The molecule has 1 atom stereocenters. The van der Waals surface area contributed by atoms with E-state index in [2.05, 4.69) is 48.1 Å². The van der Waals surface area contributed by atoms with Gasteiger partial charge < -0.3 is 14.8 Å². The topological polar surface area (TPSA) is 39.3 Å². The van der Waals surface area contributed by atoms with Crippen molar-refractivity contribution in [3.05, 3.63) is 48.2 Å². The third-order valence-electron chi connectivity index (χ3n) is 4.59. The molecule has 1 aliphatic rings. The van der Waals surface area contributed by atoms with Crippen LogP contribution in [0.3, 0.4) is 0 Å². The first kappa shape index (κ1) is 15.8. The van der Waals surface area contributed by atoms with E-state index in [0.29, 0.717) is 12.5 Å². The minimum atomic E-state index is 0.265. The van der Waals surface area contributed by atoms with E-state index < -0.39 is 0 Å². The van der Waals surface area contributed by atoms with Gasteiger partial charge in [-0.15, -0.1) is 0 Å². The van der Waals surface area contributed by atoms with E-state index in [9.17, 15) is 4.79 Å². The molecular weight excluding hydrogens is 286 g/mol. The second-order valence-electron chi connectivity index (χ2n) is 6.46. The van der Waals surface area contributed by atoms with E-state index in [4.69, 9.17) is 0 Å². The van der Waals surface area contributed by atoms with Crippen LogP contribution in [-0.4, -0.2) is 53.4 Å². The summed E-state index contributed by atoms with van der Waals surface area (Å²) in [6.07, 6.45) is 1.34. The van der Waals surface area contributed by atoms with Crippen LogP contribution in [0.2, 0.25) is 0 Å². The molecule has 1 aromatic heterocycles. The van der Waals surface area contributed by atoms with E-state index in [1.165, 1.54) is 5.56 Å². The number of hydrogen-bond acceptors (Lipinski definition) is 2. The number of nitrogens with one attached hydrogen (secondary N) is 1. The van der Waals surface area contributed by atoms with E-state index in [0.717, 1.165) is 37.4 Å². The first-order chi connectivity index (χ1) is 11.1. The fourth-order valence-corrected chi connectivity index (χ4v) is 3.27. The summed E-state index contributed by atoms with van der Waals surface area (Å²) in [5.74, 6) is 0.265. The molecule has 4 heteroatoms. The van der Waals surface area contributed by atoms with Crippen LogP contribution in [0.25, 0.3) is 11.3 Å². The molecule has 1 amide bonds. The number of amides is 1. The van der Waals surface area contributed by atoms with Crippen LogP contribution >= 0.6 is 0 Å². The van der Waals surface area contributed by atoms with Gasteiger partial charge in [0.15, 0.2) is 0 Å². The highest BCUT2D eigenvalue weighted by molar-refractivity contribution is 5.77. The Kier molecular flexibility index (Phi) is 4.82. The predicted octanol–water partition coefficient (Wildman–Crippen LogP) is 2.78. The molecule has 122 valence electrons. The predicted molar refractivity (Wildman–Crippen MR) is 93.2 cm³/mol. The molecule has 1 aromatic carbocycles. The number of carbonyl (C=O) groups is 1. The van der Waals surface area contributed by atoms with Crippen LogP contribution in [0, 0.1) is 0 Å². The van der Waals surface area contributed by atoms with E-state index in [1.807, 2.05) is 23.1 Å². The van der Waals surface area contributed by atoms with Gasteiger partial charge in [0.2, 0.25) is 5.91 Å². The van der Waals surface area contributed by atoms with Gasteiger partial charge in [0.1, 0.15) is 0 Å². The Morgan fingerprint density at radius 3 is 2.70 bits per heavy atom. The zero-order valence-electron chi connectivity index (χ0n) is 14.0. The maximum Gasteiger partial charge on any atom is 0.223 e. The number of aromatic nitrogens is 1. The highest BCUT2D eigenvalue weighted by Gasteiger charge is 2.25. The average Bonchev–Trinajstić information content (AvgIpc) is 3.02. The van der Waals surface area contributed by atoms with Gasteiger partial charge in [-0.2, -0.15) is 0 Å². The normalized spacial score (nSPS) is 19.0. The zero-order chi connectivity index (χ0) is 16.2. The molecule has 0 aliphatic carbocycles. The smallest absolute Gasteiger partial charge is 0.223 e. The van der Waals surface area contributed by atoms with Gasteiger partial charge in [0.25, 0.3) is 0 Å². The second-order valence-corrected chi connectivity index (χ2v) is 6.46. The number of likely N-dealkylation sites (N-methyl/N-ethyl adjacent to an activating group) is 1. The minimum absolute atomic E-state index is 0.265. The number of benzene rings is 1. The molecule has 0 unspecified atom stereocenters. The Bertz CT molecular complexity index is 650. The summed E-state index contributed by atoms with van der Waals surface area (Å²) < 4.78 is 0. The summed E-state index contributed by atoms with van der Waals surface area (Å²) in [6, 6.07) is 14.8. The third kappa shape index (κ3) is 3.82.